The van der Waals surface area contributed by atoms with Gasteiger partial charge in [0.25, 0.3) is 0 Å². The van der Waals surface area contributed by atoms with Gasteiger partial charge in [-0.15, -0.1) is 26.3 Å². The third-order valence-corrected chi connectivity index (χ3v) is 5.09. The number of nitrogens with one attached hydrogen (secondary N) is 1. The number of hydrogen-bond acceptors (Lipinski definition) is 5. The number of rotatable bonds is 10. The molecular weight excluding hydrogens is 310 g/mol. The minimum Gasteiger partial charge on any atom is -0.351 e. The second kappa shape index (κ2) is 9.28. The topological polar surface area (TPSA) is 53.9 Å². The molecule has 0 aliphatic carbocycles. The number of anilines is 1. The van der Waals surface area contributed by atoms with Gasteiger partial charge in [-0.1, -0.05) is 24.3 Å². The van der Waals surface area contributed by atoms with Gasteiger partial charge in [-0.3, -0.25) is 4.90 Å². The van der Waals surface area contributed by atoms with Crippen molar-refractivity contribution in [2.24, 2.45) is 5.92 Å². The first-order valence-corrected chi connectivity index (χ1v) is 8.79. The molecule has 5 heteroatoms. The van der Waals surface area contributed by atoms with Crippen molar-refractivity contribution in [3.05, 3.63) is 63.3 Å². The zero-order chi connectivity index (χ0) is 18.1. The summed E-state index contributed by atoms with van der Waals surface area (Å²) in [5.41, 5.74) is -0.0607. The Balaban J connectivity index is 2.38. The minimum absolute atomic E-state index is 0.0607. The Morgan fingerprint density at radius 1 is 1.08 bits per heavy atom. The van der Waals surface area contributed by atoms with Gasteiger partial charge in [0.05, 0.1) is 0 Å². The Labute approximate surface area is 151 Å². The minimum atomic E-state index is -0.0607. The first-order valence-electron chi connectivity index (χ1n) is 8.79. The normalized spacial score (nSPS) is 22.7. The van der Waals surface area contributed by atoms with E-state index in [-0.39, 0.29) is 11.6 Å². The molecule has 25 heavy (non-hydrogen) atoms. The third-order valence-electron chi connectivity index (χ3n) is 5.09. The van der Waals surface area contributed by atoms with Gasteiger partial charge >= 0.3 is 0 Å². The lowest BCUT2D eigenvalue weighted by Crippen LogP contribution is -2.62. The molecule has 1 N–H and O–H groups in total. The molecule has 5 nitrogen and oxygen atoms in total. The van der Waals surface area contributed by atoms with Gasteiger partial charge in [0.15, 0.2) is 0 Å². The molecule has 1 fully saturated rings. The van der Waals surface area contributed by atoms with Gasteiger partial charge in [-0.25, -0.2) is 15.0 Å². The maximum absolute atomic E-state index is 4.23. The SMILES string of the molecule is C=CCC1C(Nc2ncncn2)CCN(CC=C)C1(CC=C)CC=C. The van der Waals surface area contributed by atoms with E-state index in [1.165, 1.54) is 12.7 Å². The molecule has 2 unspecified atom stereocenters. The highest BCUT2D eigenvalue weighted by Crippen LogP contribution is 2.42. The Morgan fingerprint density at radius 2 is 1.76 bits per heavy atom. The Kier molecular flexibility index (Phi) is 7.07. The number of hydrogen-bond donors (Lipinski definition) is 1. The van der Waals surface area contributed by atoms with E-state index >= 15 is 0 Å². The maximum Gasteiger partial charge on any atom is 0.225 e. The molecule has 0 radical (unpaired) electrons. The van der Waals surface area contributed by atoms with Crippen LogP contribution >= 0.6 is 0 Å². The van der Waals surface area contributed by atoms with Crippen LogP contribution < -0.4 is 5.32 Å². The Morgan fingerprint density at radius 3 is 2.32 bits per heavy atom. The van der Waals surface area contributed by atoms with Crippen molar-refractivity contribution >= 4 is 5.95 Å². The van der Waals surface area contributed by atoms with Gasteiger partial charge in [0.1, 0.15) is 12.7 Å². The second-order valence-corrected chi connectivity index (χ2v) is 6.46. The quantitative estimate of drug-likeness (QED) is 0.660. The fourth-order valence-corrected chi connectivity index (χ4v) is 4.12. The average molecular weight is 339 g/mol. The third kappa shape index (κ3) is 4.23. The molecule has 0 bridgehead atoms. The Bertz CT molecular complexity index is 573. The van der Waals surface area contributed by atoms with Crippen molar-refractivity contribution in [3.8, 4) is 0 Å². The highest BCUT2D eigenvalue weighted by molar-refractivity contribution is 5.26. The molecule has 1 saturated heterocycles. The lowest BCUT2D eigenvalue weighted by molar-refractivity contribution is -0.000240. The molecule has 2 rings (SSSR count). The number of piperidine rings is 1. The van der Waals surface area contributed by atoms with Gasteiger partial charge in [0, 0.05) is 30.6 Å². The van der Waals surface area contributed by atoms with Crippen molar-refractivity contribution < 1.29 is 0 Å². The molecule has 134 valence electrons. The first-order chi connectivity index (χ1) is 12.2. The second-order valence-electron chi connectivity index (χ2n) is 6.46. The zero-order valence-electron chi connectivity index (χ0n) is 15.0. The van der Waals surface area contributed by atoms with Crippen molar-refractivity contribution in [3.63, 3.8) is 0 Å². The number of aromatic nitrogens is 3. The van der Waals surface area contributed by atoms with E-state index in [0.29, 0.717) is 11.9 Å². The fraction of sp³-hybridized carbons (Fsp3) is 0.450. The van der Waals surface area contributed by atoms with Crippen LogP contribution in [0, 0.1) is 5.92 Å². The summed E-state index contributed by atoms with van der Waals surface area (Å²) >= 11 is 0. The summed E-state index contributed by atoms with van der Waals surface area (Å²) in [6.45, 7) is 17.8. The van der Waals surface area contributed by atoms with Crippen molar-refractivity contribution in [1.29, 1.82) is 0 Å². The average Bonchev–Trinajstić information content (AvgIpc) is 2.62. The van der Waals surface area contributed by atoms with E-state index in [4.69, 9.17) is 0 Å². The van der Waals surface area contributed by atoms with Gasteiger partial charge in [-0.05, 0) is 25.7 Å². The van der Waals surface area contributed by atoms with Gasteiger partial charge < -0.3 is 5.32 Å². The first kappa shape index (κ1) is 19.1. The highest BCUT2D eigenvalue weighted by atomic mass is 15.2. The van der Waals surface area contributed by atoms with E-state index in [2.05, 4.69) is 51.5 Å². The molecule has 0 spiro atoms. The van der Waals surface area contributed by atoms with Crippen LogP contribution in [0.5, 0.6) is 0 Å². The van der Waals surface area contributed by atoms with Crippen LogP contribution in [0.25, 0.3) is 0 Å². The molecule has 2 atom stereocenters. The summed E-state index contributed by atoms with van der Waals surface area (Å²) in [6, 6.07) is 0.251. The largest absolute Gasteiger partial charge is 0.351 e. The molecule has 0 aromatic carbocycles. The van der Waals surface area contributed by atoms with Crippen molar-refractivity contribution in [1.82, 2.24) is 19.9 Å². The molecule has 1 aromatic rings. The van der Waals surface area contributed by atoms with E-state index in [0.717, 1.165) is 38.8 Å². The summed E-state index contributed by atoms with van der Waals surface area (Å²) in [4.78, 5) is 14.9. The number of likely N-dealkylation sites (tertiary alicyclic amines) is 1. The summed E-state index contributed by atoms with van der Waals surface area (Å²) in [5.74, 6) is 0.962. The molecule has 1 aromatic heterocycles. The Hall–Kier alpha value is -2.27. The molecule has 2 heterocycles. The van der Waals surface area contributed by atoms with Crippen LogP contribution in [-0.2, 0) is 0 Å². The summed E-state index contributed by atoms with van der Waals surface area (Å²) in [6.07, 6.45) is 14.7. The molecule has 0 saturated carbocycles. The highest BCUT2D eigenvalue weighted by Gasteiger charge is 2.47. The molecule has 1 aliphatic heterocycles. The molecular formula is C20H29N5. The van der Waals surface area contributed by atoms with Crippen LogP contribution in [0.2, 0.25) is 0 Å². The summed E-state index contributed by atoms with van der Waals surface area (Å²) in [7, 11) is 0. The van der Waals surface area contributed by atoms with Crippen LogP contribution in [0.15, 0.2) is 63.3 Å². The van der Waals surface area contributed by atoms with Gasteiger partial charge in [0.2, 0.25) is 5.95 Å². The predicted octanol–water partition coefficient (Wildman–Crippen LogP) is 3.63. The maximum atomic E-state index is 4.23. The standard InChI is InChI=1S/C20H29N5/c1-5-9-17-18(24-19-22-15-21-16-23-19)10-14-25(13-8-4)20(17,11-6-2)12-7-3/h5-8,15-18H,1-4,9-14H2,(H,21,22,23,24). The van der Waals surface area contributed by atoms with Crippen LogP contribution in [0.4, 0.5) is 5.95 Å². The van der Waals surface area contributed by atoms with Crippen LogP contribution in [-0.4, -0.2) is 44.5 Å². The summed E-state index contributed by atoms with van der Waals surface area (Å²) < 4.78 is 0. The lowest BCUT2D eigenvalue weighted by Gasteiger charge is -2.55. The van der Waals surface area contributed by atoms with Gasteiger partial charge in [-0.2, -0.15) is 0 Å². The number of nitrogens with zero attached hydrogens (tertiary/aromatic N) is 4. The van der Waals surface area contributed by atoms with E-state index in [9.17, 15) is 0 Å². The zero-order valence-corrected chi connectivity index (χ0v) is 15.0. The number of allylic oxidation sites excluding steroid dienone is 1. The smallest absolute Gasteiger partial charge is 0.225 e. The van der Waals surface area contributed by atoms with Crippen molar-refractivity contribution in [2.45, 2.75) is 37.3 Å². The van der Waals surface area contributed by atoms with E-state index in [1.807, 2.05) is 24.3 Å². The van der Waals surface area contributed by atoms with Crippen LogP contribution in [0.3, 0.4) is 0 Å². The van der Waals surface area contributed by atoms with E-state index in [1.54, 1.807) is 0 Å². The van der Waals surface area contributed by atoms with Crippen molar-refractivity contribution in [2.75, 3.05) is 18.4 Å². The fourth-order valence-electron chi connectivity index (χ4n) is 4.12. The molecule has 0 amide bonds. The summed E-state index contributed by atoms with van der Waals surface area (Å²) in [5, 5.41) is 3.52. The lowest BCUT2D eigenvalue weighted by atomic mass is 9.68. The monoisotopic (exact) mass is 339 g/mol. The molecule has 1 aliphatic rings. The van der Waals surface area contributed by atoms with Crippen LogP contribution in [0.1, 0.15) is 25.7 Å². The predicted molar refractivity (Wildman–Crippen MR) is 104 cm³/mol. The van der Waals surface area contributed by atoms with E-state index < -0.39 is 0 Å².